The van der Waals surface area contributed by atoms with Crippen LogP contribution in [0.3, 0.4) is 0 Å². The van der Waals surface area contributed by atoms with E-state index in [0.29, 0.717) is 12.6 Å². The highest BCUT2D eigenvalue weighted by Gasteiger charge is 2.16. The SMILES string of the molecule is CCNC(Cc1ccc(CC)s1)c1ccccc1OCC. The van der Waals surface area contributed by atoms with Crippen molar-refractivity contribution >= 4 is 11.3 Å². The summed E-state index contributed by atoms with van der Waals surface area (Å²) in [4.78, 5) is 2.89. The topological polar surface area (TPSA) is 21.3 Å². The van der Waals surface area contributed by atoms with Crippen LogP contribution in [0.2, 0.25) is 0 Å². The van der Waals surface area contributed by atoms with Gasteiger partial charge in [-0.1, -0.05) is 32.0 Å². The first-order valence-electron chi connectivity index (χ1n) is 7.81. The van der Waals surface area contributed by atoms with Crippen LogP contribution in [0.5, 0.6) is 5.75 Å². The van der Waals surface area contributed by atoms with E-state index < -0.39 is 0 Å². The van der Waals surface area contributed by atoms with Crippen LogP contribution in [0.1, 0.15) is 42.1 Å². The van der Waals surface area contributed by atoms with E-state index >= 15 is 0 Å². The van der Waals surface area contributed by atoms with Crippen LogP contribution in [0, 0.1) is 0 Å². The standard InChI is InChI=1S/C18H25NOS/c1-4-14-11-12-15(21-14)13-17(19-5-2)16-9-7-8-10-18(16)20-6-3/h7-12,17,19H,4-6,13H2,1-3H3. The maximum atomic E-state index is 5.79. The highest BCUT2D eigenvalue weighted by molar-refractivity contribution is 7.11. The largest absolute Gasteiger partial charge is 0.494 e. The Morgan fingerprint density at radius 3 is 2.48 bits per heavy atom. The van der Waals surface area contributed by atoms with Gasteiger partial charge in [-0.3, -0.25) is 0 Å². The molecule has 0 fully saturated rings. The monoisotopic (exact) mass is 303 g/mol. The molecule has 0 aliphatic rings. The molecule has 0 spiro atoms. The fourth-order valence-electron chi connectivity index (χ4n) is 2.52. The number of benzene rings is 1. The van der Waals surface area contributed by atoms with Gasteiger partial charge in [-0.15, -0.1) is 11.3 Å². The van der Waals surface area contributed by atoms with Crippen molar-refractivity contribution in [2.75, 3.05) is 13.2 Å². The molecule has 3 heteroatoms. The van der Waals surface area contributed by atoms with E-state index in [4.69, 9.17) is 4.74 Å². The molecular formula is C18H25NOS. The molecule has 0 amide bonds. The number of para-hydroxylation sites is 1. The second-order valence-electron chi connectivity index (χ2n) is 5.01. The van der Waals surface area contributed by atoms with Gasteiger partial charge in [0.05, 0.1) is 6.61 Å². The number of hydrogen-bond donors (Lipinski definition) is 1. The summed E-state index contributed by atoms with van der Waals surface area (Å²) < 4.78 is 5.79. The second kappa shape index (κ2) is 8.20. The van der Waals surface area contributed by atoms with Crippen molar-refractivity contribution in [1.82, 2.24) is 5.32 Å². The van der Waals surface area contributed by atoms with Gasteiger partial charge in [0.2, 0.25) is 0 Å². The van der Waals surface area contributed by atoms with Crippen molar-refractivity contribution in [1.29, 1.82) is 0 Å². The summed E-state index contributed by atoms with van der Waals surface area (Å²) in [6.07, 6.45) is 2.13. The van der Waals surface area contributed by atoms with Crippen LogP contribution in [0.25, 0.3) is 0 Å². The Labute approximate surface area is 132 Å². The zero-order valence-corrected chi connectivity index (χ0v) is 14.0. The fraction of sp³-hybridized carbons (Fsp3) is 0.444. The minimum absolute atomic E-state index is 0.307. The van der Waals surface area contributed by atoms with Crippen LogP contribution in [0.4, 0.5) is 0 Å². The van der Waals surface area contributed by atoms with Crippen molar-refractivity contribution in [2.45, 2.75) is 39.7 Å². The van der Waals surface area contributed by atoms with E-state index in [1.54, 1.807) is 0 Å². The highest BCUT2D eigenvalue weighted by atomic mass is 32.1. The van der Waals surface area contributed by atoms with Crippen LogP contribution in [-0.4, -0.2) is 13.2 Å². The summed E-state index contributed by atoms with van der Waals surface area (Å²) in [6, 6.07) is 13.2. The molecule has 2 rings (SSSR count). The molecule has 1 aromatic heterocycles. The average molecular weight is 303 g/mol. The van der Waals surface area contributed by atoms with Crippen molar-refractivity contribution in [3.05, 3.63) is 51.7 Å². The lowest BCUT2D eigenvalue weighted by molar-refractivity contribution is 0.331. The Morgan fingerprint density at radius 2 is 1.81 bits per heavy atom. The predicted octanol–water partition coefficient (Wildman–Crippen LogP) is 4.60. The summed E-state index contributed by atoms with van der Waals surface area (Å²) in [7, 11) is 0. The summed E-state index contributed by atoms with van der Waals surface area (Å²) >= 11 is 1.92. The van der Waals surface area contributed by atoms with Gasteiger partial charge in [0.1, 0.15) is 5.75 Å². The number of rotatable bonds is 8. The molecule has 1 atom stereocenters. The van der Waals surface area contributed by atoms with E-state index in [1.165, 1.54) is 15.3 Å². The molecule has 2 nitrogen and oxygen atoms in total. The van der Waals surface area contributed by atoms with Gasteiger partial charge in [0.15, 0.2) is 0 Å². The van der Waals surface area contributed by atoms with Crippen LogP contribution < -0.4 is 10.1 Å². The molecule has 1 N–H and O–H groups in total. The van der Waals surface area contributed by atoms with Gasteiger partial charge in [0.25, 0.3) is 0 Å². The zero-order valence-electron chi connectivity index (χ0n) is 13.2. The molecule has 0 aliphatic carbocycles. The molecule has 1 heterocycles. The Balaban J connectivity index is 2.21. The maximum absolute atomic E-state index is 5.79. The third-order valence-electron chi connectivity index (χ3n) is 3.52. The Hall–Kier alpha value is -1.32. The molecule has 114 valence electrons. The average Bonchev–Trinajstić information content (AvgIpc) is 2.95. The predicted molar refractivity (Wildman–Crippen MR) is 91.4 cm³/mol. The molecule has 1 unspecified atom stereocenters. The molecule has 21 heavy (non-hydrogen) atoms. The number of thiophene rings is 1. The minimum atomic E-state index is 0.307. The normalized spacial score (nSPS) is 12.3. The zero-order chi connectivity index (χ0) is 15.1. The highest BCUT2D eigenvalue weighted by Crippen LogP contribution is 2.30. The van der Waals surface area contributed by atoms with Gasteiger partial charge in [-0.25, -0.2) is 0 Å². The first-order chi connectivity index (χ1) is 10.3. The fourth-order valence-corrected chi connectivity index (χ4v) is 3.52. The van der Waals surface area contributed by atoms with Crippen molar-refractivity contribution < 1.29 is 4.74 Å². The molecule has 0 radical (unpaired) electrons. The lowest BCUT2D eigenvalue weighted by Gasteiger charge is -2.20. The molecule has 0 bridgehead atoms. The summed E-state index contributed by atoms with van der Waals surface area (Å²) in [5.74, 6) is 0.998. The van der Waals surface area contributed by atoms with Crippen LogP contribution in [-0.2, 0) is 12.8 Å². The van der Waals surface area contributed by atoms with E-state index in [0.717, 1.165) is 25.1 Å². The summed E-state index contributed by atoms with van der Waals surface area (Å²) in [5.41, 5.74) is 1.26. The molecule has 1 aromatic carbocycles. The first kappa shape index (κ1) is 16.1. The third-order valence-corrected chi connectivity index (χ3v) is 4.77. The lowest BCUT2D eigenvalue weighted by atomic mass is 10.0. The molecule has 0 aliphatic heterocycles. The molecule has 0 saturated carbocycles. The van der Waals surface area contributed by atoms with Gasteiger partial charge in [-0.05, 0) is 38.1 Å². The second-order valence-corrected chi connectivity index (χ2v) is 6.26. The van der Waals surface area contributed by atoms with Crippen molar-refractivity contribution in [3.63, 3.8) is 0 Å². The molecular weight excluding hydrogens is 278 g/mol. The first-order valence-corrected chi connectivity index (χ1v) is 8.62. The van der Waals surface area contributed by atoms with Gasteiger partial charge >= 0.3 is 0 Å². The number of hydrogen-bond acceptors (Lipinski definition) is 3. The molecule has 2 aromatic rings. The number of aryl methyl sites for hydroxylation is 1. The number of ether oxygens (including phenoxy) is 1. The number of likely N-dealkylation sites (N-methyl/N-ethyl adjacent to an activating group) is 1. The lowest BCUT2D eigenvalue weighted by Crippen LogP contribution is -2.23. The van der Waals surface area contributed by atoms with Gasteiger partial charge in [0, 0.05) is 27.8 Å². The molecule has 0 saturated heterocycles. The van der Waals surface area contributed by atoms with Crippen molar-refractivity contribution in [3.8, 4) is 5.75 Å². The third kappa shape index (κ3) is 4.32. The van der Waals surface area contributed by atoms with Crippen molar-refractivity contribution in [2.24, 2.45) is 0 Å². The van der Waals surface area contributed by atoms with Gasteiger partial charge < -0.3 is 10.1 Å². The Bertz CT molecular complexity index is 550. The quantitative estimate of drug-likeness (QED) is 0.769. The maximum Gasteiger partial charge on any atom is 0.124 e. The van der Waals surface area contributed by atoms with E-state index in [9.17, 15) is 0 Å². The smallest absolute Gasteiger partial charge is 0.124 e. The minimum Gasteiger partial charge on any atom is -0.494 e. The van der Waals surface area contributed by atoms with Crippen LogP contribution in [0.15, 0.2) is 36.4 Å². The Kier molecular flexibility index (Phi) is 6.27. The Morgan fingerprint density at radius 1 is 1.05 bits per heavy atom. The summed E-state index contributed by atoms with van der Waals surface area (Å²) in [6.45, 7) is 8.06. The summed E-state index contributed by atoms with van der Waals surface area (Å²) in [5, 5.41) is 3.60. The van der Waals surface area contributed by atoms with Crippen LogP contribution >= 0.6 is 11.3 Å². The van der Waals surface area contributed by atoms with E-state index in [2.05, 4.69) is 49.5 Å². The number of nitrogens with one attached hydrogen (secondary N) is 1. The van der Waals surface area contributed by atoms with E-state index in [1.807, 2.05) is 24.3 Å². The van der Waals surface area contributed by atoms with Gasteiger partial charge in [-0.2, -0.15) is 0 Å². The van der Waals surface area contributed by atoms with E-state index in [-0.39, 0.29) is 0 Å².